The summed E-state index contributed by atoms with van der Waals surface area (Å²) >= 11 is 4.95. The lowest BCUT2D eigenvalue weighted by molar-refractivity contribution is -0.137. The molecule has 0 aliphatic heterocycles. The third-order valence-electron chi connectivity index (χ3n) is 6.80. The first-order valence-electron chi connectivity index (χ1n) is 11.7. The third kappa shape index (κ3) is 8.03. The van der Waals surface area contributed by atoms with E-state index in [0.717, 1.165) is 20.9 Å². The first-order chi connectivity index (χ1) is 16.2. The molecule has 1 aromatic heterocycles. The number of nitrogens with one attached hydrogen (secondary N) is 1. The molecule has 0 radical (unpaired) electrons. The molecule has 1 aromatic carbocycles. The van der Waals surface area contributed by atoms with Crippen LogP contribution in [0.25, 0.3) is 0 Å². The monoisotopic (exact) mass is 608 g/mol. The van der Waals surface area contributed by atoms with Crippen LogP contribution in [0.4, 0.5) is 18.0 Å². The van der Waals surface area contributed by atoms with Crippen molar-refractivity contribution < 1.29 is 27.5 Å². The summed E-state index contributed by atoms with van der Waals surface area (Å²) in [4.78, 5) is 16.5. The Morgan fingerprint density at radius 2 is 1.69 bits per heavy atom. The Hall–Kier alpha value is -1.43. The fourth-order valence-electron chi connectivity index (χ4n) is 3.66. The number of hydrogen-bond donors (Lipinski definition) is 2. The number of benzene rings is 1. The smallest absolute Gasteiger partial charge is 0.416 e. The largest absolute Gasteiger partial charge is 0.465 e. The van der Waals surface area contributed by atoms with Gasteiger partial charge in [-0.25, -0.2) is 9.78 Å². The van der Waals surface area contributed by atoms with Gasteiger partial charge in [-0.3, -0.25) is 0 Å². The molecule has 2 aromatic rings. The zero-order valence-corrected chi connectivity index (χ0v) is 25.4. The van der Waals surface area contributed by atoms with Crippen LogP contribution in [0.1, 0.15) is 76.1 Å². The van der Waals surface area contributed by atoms with Gasteiger partial charge in [0.25, 0.3) is 0 Å². The Kier molecular flexibility index (Phi) is 9.52. The zero-order chi connectivity index (χ0) is 27.7. The minimum Gasteiger partial charge on any atom is -0.465 e. The molecule has 1 amide bonds. The topological polar surface area (TPSA) is 71.5 Å². The average molecular weight is 610 g/mol. The van der Waals surface area contributed by atoms with Gasteiger partial charge in [0.2, 0.25) is 0 Å². The van der Waals surface area contributed by atoms with Crippen molar-refractivity contribution in [1.82, 2.24) is 10.3 Å². The van der Waals surface area contributed by atoms with Gasteiger partial charge < -0.3 is 14.8 Å². The van der Waals surface area contributed by atoms with Crippen LogP contribution in [0, 0.1) is 5.41 Å². The summed E-state index contributed by atoms with van der Waals surface area (Å²) in [5.41, 5.74) is -0.531. The van der Waals surface area contributed by atoms with E-state index in [4.69, 9.17) is 4.43 Å². The van der Waals surface area contributed by atoms with Gasteiger partial charge in [0.15, 0.2) is 8.32 Å². The predicted molar refractivity (Wildman–Crippen MR) is 144 cm³/mol. The fraction of sp³-hybridized carbons (Fsp3) is 0.600. The fourth-order valence-corrected chi connectivity index (χ4v) is 6.55. The van der Waals surface area contributed by atoms with Crippen molar-refractivity contribution in [2.45, 2.75) is 90.3 Å². The number of carbonyl (C=O) groups is 1. The van der Waals surface area contributed by atoms with E-state index in [-0.39, 0.29) is 16.4 Å². The summed E-state index contributed by atoms with van der Waals surface area (Å²) in [6, 6.07) is 4.11. The maximum absolute atomic E-state index is 13.2. The maximum atomic E-state index is 13.2. The van der Waals surface area contributed by atoms with E-state index >= 15 is 0 Å². The Morgan fingerprint density at radius 3 is 2.08 bits per heavy atom. The van der Waals surface area contributed by atoms with Gasteiger partial charge in [-0.2, -0.15) is 13.2 Å². The molecule has 0 saturated carbocycles. The molecule has 0 saturated heterocycles. The number of aromatic nitrogens is 1. The second kappa shape index (κ2) is 11.1. The minimum absolute atomic E-state index is 0.134. The van der Waals surface area contributed by atoms with Gasteiger partial charge in [0.1, 0.15) is 0 Å². The number of halogens is 4. The van der Waals surface area contributed by atoms with Crippen molar-refractivity contribution in [3.05, 3.63) is 50.4 Å². The molecule has 1 unspecified atom stereocenters. The number of rotatable bonds is 8. The van der Waals surface area contributed by atoms with E-state index in [1.165, 1.54) is 23.5 Å². The molecule has 2 N–H and O–H groups in total. The van der Waals surface area contributed by atoms with Crippen LogP contribution in [-0.2, 0) is 10.6 Å². The lowest BCUT2D eigenvalue weighted by Gasteiger charge is -2.43. The zero-order valence-electron chi connectivity index (χ0n) is 22.0. The average Bonchev–Trinajstić information content (AvgIpc) is 3.12. The van der Waals surface area contributed by atoms with E-state index in [2.05, 4.69) is 67.8 Å². The summed E-state index contributed by atoms with van der Waals surface area (Å²) < 4.78 is 47.3. The number of nitrogens with zero attached hydrogens (tertiary/aromatic N) is 1. The Balaban J connectivity index is 2.62. The second-order valence-electron chi connectivity index (χ2n) is 11.6. The van der Waals surface area contributed by atoms with Crippen molar-refractivity contribution >= 4 is 41.7 Å². The van der Waals surface area contributed by atoms with E-state index in [1.807, 2.05) is 13.1 Å². The van der Waals surface area contributed by atoms with Crippen LogP contribution < -0.4 is 5.32 Å². The molecule has 5 nitrogen and oxygen atoms in total. The molecule has 11 heteroatoms. The highest BCUT2D eigenvalue weighted by molar-refractivity contribution is 9.11. The van der Waals surface area contributed by atoms with Crippen molar-refractivity contribution in [1.29, 1.82) is 0 Å². The summed E-state index contributed by atoms with van der Waals surface area (Å²) in [5.74, 6) is -0.134. The molecule has 0 spiro atoms. The molecular weight excluding hydrogens is 573 g/mol. The van der Waals surface area contributed by atoms with Crippen molar-refractivity contribution in [2.75, 3.05) is 0 Å². The molecular formula is C25H36BrF3N2O3SSi. The van der Waals surface area contributed by atoms with Gasteiger partial charge in [0.05, 0.1) is 32.7 Å². The van der Waals surface area contributed by atoms with Crippen LogP contribution in [0.15, 0.2) is 34.2 Å². The summed E-state index contributed by atoms with van der Waals surface area (Å²) in [5, 5.41) is 13.0. The number of carboxylic acid groups (broad SMARTS) is 1. The molecule has 0 fully saturated rings. The lowest BCUT2D eigenvalue weighted by Crippen LogP contribution is -2.48. The summed E-state index contributed by atoms with van der Waals surface area (Å²) in [6.07, 6.45) is -4.39. The molecule has 0 bridgehead atoms. The Labute approximate surface area is 225 Å². The first-order valence-corrected chi connectivity index (χ1v) is 16.2. The van der Waals surface area contributed by atoms with E-state index in [1.54, 1.807) is 6.20 Å². The van der Waals surface area contributed by atoms with Gasteiger partial charge in [0, 0.05) is 5.92 Å². The standard InChI is InChI=1S/C25H36BrF3N2O3SSi/c1-23(2,3)17(21-30-14-19(26)35-21)13-18(31-22(32)33)20(34-36(7,8)24(4,5)6)15-9-11-16(12-10-15)25(27,28)29/h9-12,14,17-18,20,31H,13H2,1-8H3,(H,32,33)/t17?,18-,20-/m1/s1. The Bertz CT molecular complexity index is 1030. The van der Waals surface area contributed by atoms with Crippen LogP contribution in [0.5, 0.6) is 0 Å². The van der Waals surface area contributed by atoms with Gasteiger partial charge in [-0.15, -0.1) is 11.3 Å². The van der Waals surface area contributed by atoms with Gasteiger partial charge >= 0.3 is 12.3 Å². The summed E-state index contributed by atoms with van der Waals surface area (Å²) in [6.45, 7) is 16.5. The molecule has 1 heterocycles. The quantitative estimate of drug-likeness (QED) is 0.294. The van der Waals surface area contributed by atoms with Crippen molar-refractivity contribution in [2.24, 2.45) is 5.41 Å². The van der Waals surface area contributed by atoms with Crippen molar-refractivity contribution in [3.8, 4) is 0 Å². The van der Waals surface area contributed by atoms with Crippen molar-refractivity contribution in [3.63, 3.8) is 0 Å². The van der Waals surface area contributed by atoms with Gasteiger partial charge in [-0.05, 0) is 63.6 Å². The third-order valence-corrected chi connectivity index (χ3v) is 12.8. The summed E-state index contributed by atoms with van der Waals surface area (Å²) in [7, 11) is -2.46. The van der Waals surface area contributed by atoms with Crippen LogP contribution in [0.3, 0.4) is 0 Å². The van der Waals surface area contributed by atoms with Gasteiger partial charge in [-0.1, -0.05) is 53.7 Å². The van der Waals surface area contributed by atoms with Crippen LogP contribution >= 0.6 is 27.3 Å². The number of alkyl halides is 3. The normalized spacial score (nSPS) is 15.9. The van der Waals surface area contributed by atoms with E-state index in [0.29, 0.717) is 12.0 Å². The predicted octanol–water partition coefficient (Wildman–Crippen LogP) is 8.84. The second-order valence-corrected chi connectivity index (χ2v) is 18.8. The Morgan fingerprint density at radius 1 is 1.14 bits per heavy atom. The number of thiazole rings is 1. The van der Waals surface area contributed by atoms with E-state index in [9.17, 15) is 23.1 Å². The molecule has 3 atom stereocenters. The molecule has 2 rings (SSSR count). The SMILES string of the molecule is CC(C)(C)C(C[C@@H](NC(=O)O)[C@H](O[Si](C)(C)C(C)(C)C)c1ccc(C(F)(F)F)cc1)c1ncc(Br)s1. The highest BCUT2D eigenvalue weighted by Gasteiger charge is 2.43. The number of hydrogen-bond acceptors (Lipinski definition) is 4. The molecule has 0 aliphatic carbocycles. The maximum Gasteiger partial charge on any atom is 0.416 e. The number of amides is 1. The molecule has 202 valence electrons. The minimum atomic E-state index is -4.47. The lowest BCUT2D eigenvalue weighted by atomic mass is 9.76. The van der Waals surface area contributed by atoms with E-state index < -0.39 is 38.3 Å². The molecule has 36 heavy (non-hydrogen) atoms. The van der Waals surface area contributed by atoms with Crippen LogP contribution in [-0.4, -0.2) is 30.5 Å². The highest BCUT2D eigenvalue weighted by atomic mass is 79.9. The molecule has 0 aliphatic rings. The highest BCUT2D eigenvalue weighted by Crippen LogP contribution is 2.45. The van der Waals surface area contributed by atoms with Crippen LogP contribution in [0.2, 0.25) is 18.1 Å². The first kappa shape index (κ1) is 30.8.